The van der Waals surface area contributed by atoms with Gasteiger partial charge in [0, 0.05) is 6.04 Å². The van der Waals surface area contributed by atoms with Crippen LogP contribution >= 0.6 is 0 Å². The maximum Gasteiger partial charge on any atom is 1.00 e. The smallest absolute Gasteiger partial charge is 1.00 e. The molecule has 0 heterocycles. The summed E-state index contributed by atoms with van der Waals surface area (Å²) in [7, 11) is 0. The van der Waals surface area contributed by atoms with Gasteiger partial charge in [0.05, 0.1) is 6.42 Å². The Kier molecular flexibility index (Phi) is 9.76. The van der Waals surface area contributed by atoms with Gasteiger partial charge in [0.25, 0.3) is 0 Å². The average Bonchev–Trinajstić information content (AvgIpc) is 1.63. The molecule has 10 heavy (non-hydrogen) atoms. The van der Waals surface area contributed by atoms with E-state index in [0.29, 0.717) is 13.0 Å². The van der Waals surface area contributed by atoms with E-state index in [-0.39, 0.29) is 43.4 Å². The van der Waals surface area contributed by atoms with Crippen molar-refractivity contribution in [1.82, 2.24) is 0 Å². The van der Waals surface area contributed by atoms with Crippen LogP contribution in [0.5, 0.6) is 0 Å². The topological polar surface area (TPSA) is 89.3 Å². The van der Waals surface area contributed by atoms with E-state index in [1.165, 1.54) is 0 Å². The molecule has 0 aliphatic carbocycles. The van der Waals surface area contributed by atoms with Crippen LogP contribution in [0.1, 0.15) is 14.3 Å². The Labute approximate surface area is 83.7 Å². The quantitative estimate of drug-likeness (QED) is 0.365. The molecule has 0 saturated carbocycles. The molecule has 1 unspecified atom stereocenters. The molecule has 0 bridgehead atoms. The molecule has 4 nitrogen and oxygen atoms in total. The fraction of sp³-hybridized carbons (Fsp3) is 0.800. The second-order valence-corrected chi connectivity index (χ2v) is 1.94. The third kappa shape index (κ3) is 8.39. The fourth-order valence-electron chi connectivity index (χ4n) is 0.540. The molecule has 0 spiro atoms. The number of nitrogens with two attached hydrogens (primary N) is 2. The maximum atomic E-state index is 9.96. The van der Waals surface area contributed by atoms with Gasteiger partial charge in [-0.05, 0) is 13.0 Å². The zero-order valence-corrected chi connectivity index (χ0v) is 8.21. The number of carboxylic acids is 1. The number of hydrogen-bond acceptors (Lipinski definition) is 3. The first-order chi connectivity index (χ1) is 4.16. The van der Waals surface area contributed by atoms with Crippen LogP contribution in [0, 0.1) is 0 Å². The van der Waals surface area contributed by atoms with Crippen molar-refractivity contribution in [2.45, 2.75) is 18.9 Å². The van der Waals surface area contributed by atoms with Crippen LogP contribution in [-0.2, 0) is 4.79 Å². The summed E-state index contributed by atoms with van der Waals surface area (Å²) in [5.41, 5.74) is 10.5. The van der Waals surface area contributed by atoms with Crippen molar-refractivity contribution in [3.8, 4) is 0 Å². The van der Waals surface area contributed by atoms with E-state index in [1.54, 1.807) is 0 Å². The first-order valence-corrected chi connectivity index (χ1v) is 2.84. The second kappa shape index (κ2) is 7.50. The van der Waals surface area contributed by atoms with E-state index in [1.807, 2.05) is 0 Å². The van der Waals surface area contributed by atoms with Gasteiger partial charge in [0.2, 0.25) is 0 Å². The number of rotatable bonds is 4. The van der Waals surface area contributed by atoms with Crippen LogP contribution < -0.4 is 41.0 Å². The van der Waals surface area contributed by atoms with E-state index >= 15 is 0 Å². The third-order valence-corrected chi connectivity index (χ3v) is 0.974. The minimum absolute atomic E-state index is 0. The molecule has 5 heteroatoms. The van der Waals surface area contributed by atoms with Gasteiger partial charge in [-0.2, -0.15) is 0 Å². The minimum atomic E-state index is -0.865. The normalized spacial score (nSPS) is 11.8. The van der Waals surface area contributed by atoms with E-state index in [9.17, 15) is 4.79 Å². The van der Waals surface area contributed by atoms with Crippen molar-refractivity contribution in [2.75, 3.05) is 6.54 Å². The Morgan fingerprint density at radius 1 is 1.70 bits per heavy atom. The van der Waals surface area contributed by atoms with Gasteiger partial charge in [-0.15, -0.1) is 0 Å². The molecule has 5 N–H and O–H groups in total. The van der Waals surface area contributed by atoms with Crippen molar-refractivity contribution in [3.63, 3.8) is 0 Å². The molecule has 0 rings (SSSR count). The zero-order valence-electron chi connectivity index (χ0n) is 7.21. The molecule has 0 aliphatic heterocycles. The van der Waals surface area contributed by atoms with Gasteiger partial charge in [0.15, 0.2) is 0 Å². The molecule has 0 radical (unpaired) electrons. The molecule has 0 aromatic heterocycles. The molecule has 1 atom stereocenters. The summed E-state index contributed by atoms with van der Waals surface area (Å²) in [6, 6.07) is -0.285. The average molecular weight is 156 g/mol. The summed E-state index contributed by atoms with van der Waals surface area (Å²) < 4.78 is 0. The van der Waals surface area contributed by atoms with Crippen LogP contribution in [0.2, 0.25) is 0 Å². The Morgan fingerprint density at radius 2 is 2.20 bits per heavy atom. The van der Waals surface area contributed by atoms with Gasteiger partial charge in [-0.3, -0.25) is 4.79 Å². The molecule has 0 aromatic rings. The first kappa shape index (κ1) is 13.0. The van der Waals surface area contributed by atoms with Crippen LogP contribution in [-0.4, -0.2) is 23.7 Å². The van der Waals surface area contributed by atoms with Crippen molar-refractivity contribution in [3.05, 3.63) is 0 Å². The molecule has 0 saturated heterocycles. The van der Waals surface area contributed by atoms with E-state index in [2.05, 4.69) is 0 Å². The minimum Gasteiger partial charge on any atom is -1.00 e. The van der Waals surface area contributed by atoms with E-state index in [0.717, 1.165) is 0 Å². The van der Waals surface area contributed by atoms with Gasteiger partial charge >= 0.3 is 35.5 Å². The molecule has 0 aliphatic rings. The summed E-state index contributed by atoms with van der Waals surface area (Å²) in [6.07, 6.45) is 0.587. The SMILES string of the molecule is NCCC(N)CC(=O)O.[H-].[Na+]. The van der Waals surface area contributed by atoms with Crippen molar-refractivity contribution in [1.29, 1.82) is 0 Å². The molecular formula is C5H13N2NaO2. The number of carbonyl (C=O) groups is 1. The van der Waals surface area contributed by atoms with Crippen molar-refractivity contribution < 1.29 is 40.9 Å². The summed E-state index contributed by atoms with van der Waals surface area (Å²) in [4.78, 5) is 9.96. The number of aliphatic carboxylic acids is 1. The molecular weight excluding hydrogens is 143 g/mol. The molecule has 0 amide bonds. The predicted octanol–water partition coefficient (Wildman–Crippen LogP) is -3.75. The fourth-order valence-corrected chi connectivity index (χ4v) is 0.540. The summed E-state index contributed by atoms with van der Waals surface area (Å²) in [5, 5.41) is 8.19. The third-order valence-electron chi connectivity index (χ3n) is 0.974. The Hall–Kier alpha value is 0.390. The van der Waals surface area contributed by atoms with Crippen LogP contribution in [0.25, 0.3) is 0 Å². The van der Waals surface area contributed by atoms with Crippen LogP contribution in [0.3, 0.4) is 0 Å². The van der Waals surface area contributed by atoms with Crippen LogP contribution in [0.15, 0.2) is 0 Å². The predicted molar refractivity (Wildman–Crippen MR) is 35.0 cm³/mol. The summed E-state index contributed by atoms with van der Waals surface area (Å²) >= 11 is 0. The Morgan fingerprint density at radius 3 is 2.50 bits per heavy atom. The maximum absolute atomic E-state index is 9.96. The first-order valence-electron chi connectivity index (χ1n) is 2.84. The molecule has 56 valence electrons. The number of carboxylic acid groups (broad SMARTS) is 1. The summed E-state index contributed by atoms with van der Waals surface area (Å²) in [5.74, 6) is -0.865. The molecule has 0 aromatic carbocycles. The van der Waals surface area contributed by atoms with Gasteiger partial charge in [-0.1, -0.05) is 0 Å². The monoisotopic (exact) mass is 156 g/mol. The number of hydrogen-bond donors (Lipinski definition) is 3. The molecule has 0 fully saturated rings. The standard InChI is InChI=1S/C5H12N2O2.Na.H/c6-2-1-4(7)3-5(8)9;;/h4H,1-3,6-7H2,(H,8,9);;/q;+1;-1. The Balaban J connectivity index is -0.000000320. The van der Waals surface area contributed by atoms with E-state index in [4.69, 9.17) is 16.6 Å². The summed E-state index contributed by atoms with van der Waals surface area (Å²) in [6.45, 7) is 0.453. The largest absolute Gasteiger partial charge is 1.00 e. The van der Waals surface area contributed by atoms with Gasteiger partial charge in [-0.25, -0.2) is 0 Å². The van der Waals surface area contributed by atoms with Crippen molar-refractivity contribution in [2.24, 2.45) is 11.5 Å². The zero-order chi connectivity index (χ0) is 7.28. The van der Waals surface area contributed by atoms with Crippen molar-refractivity contribution >= 4 is 5.97 Å². The van der Waals surface area contributed by atoms with Crippen LogP contribution in [0.4, 0.5) is 0 Å². The van der Waals surface area contributed by atoms with E-state index < -0.39 is 5.97 Å². The van der Waals surface area contributed by atoms with Gasteiger partial charge in [0.1, 0.15) is 0 Å². The Bertz CT molecular complexity index is 104. The van der Waals surface area contributed by atoms with Gasteiger partial charge < -0.3 is 18.0 Å². The second-order valence-electron chi connectivity index (χ2n) is 1.94.